The number of thiophene rings is 1. The van der Waals surface area contributed by atoms with Crippen molar-refractivity contribution in [2.24, 2.45) is 0 Å². The molecule has 0 radical (unpaired) electrons. The number of methoxy groups -OCH3 is 1. The van der Waals surface area contributed by atoms with Gasteiger partial charge in [-0.05, 0) is 24.3 Å². The first-order valence-electron chi connectivity index (χ1n) is 6.15. The van der Waals surface area contributed by atoms with Crippen molar-refractivity contribution in [2.75, 3.05) is 13.7 Å². The summed E-state index contributed by atoms with van der Waals surface area (Å²) in [5, 5.41) is 11.0. The van der Waals surface area contributed by atoms with E-state index < -0.39 is 10.0 Å². The molecule has 0 fully saturated rings. The molecule has 1 aromatic heterocycles. The first kappa shape index (κ1) is 16.6. The Hall–Kier alpha value is -0.470. The zero-order valence-corrected chi connectivity index (χ0v) is 13.1. The summed E-state index contributed by atoms with van der Waals surface area (Å²) in [6.45, 7) is 3.80. The SMILES string of the molecule is CCCC(COC)NS(=O)(=O)c1c(C)csc1CO. The van der Waals surface area contributed by atoms with Crippen LogP contribution in [0.25, 0.3) is 0 Å². The summed E-state index contributed by atoms with van der Waals surface area (Å²) >= 11 is 1.26. The molecule has 0 spiro atoms. The van der Waals surface area contributed by atoms with Gasteiger partial charge in [0.25, 0.3) is 0 Å². The first-order valence-corrected chi connectivity index (χ1v) is 8.51. The van der Waals surface area contributed by atoms with Crippen LogP contribution in [-0.2, 0) is 21.4 Å². The van der Waals surface area contributed by atoms with E-state index in [1.165, 1.54) is 11.3 Å². The number of hydrogen-bond acceptors (Lipinski definition) is 5. The summed E-state index contributed by atoms with van der Waals surface area (Å²) < 4.78 is 32.5. The Kier molecular flexibility index (Phi) is 6.41. The van der Waals surface area contributed by atoms with Gasteiger partial charge in [-0.3, -0.25) is 0 Å². The monoisotopic (exact) mass is 307 g/mol. The molecule has 19 heavy (non-hydrogen) atoms. The largest absolute Gasteiger partial charge is 0.391 e. The Labute approximate surface area is 118 Å². The van der Waals surface area contributed by atoms with Gasteiger partial charge in [-0.1, -0.05) is 13.3 Å². The number of ether oxygens (including phenoxy) is 1. The lowest BCUT2D eigenvalue weighted by atomic mass is 10.2. The van der Waals surface area contributed by atoms with E-state index in [4.69, 9.17) is 4.74 Å². The molecule has 1 aromatic rings. The molecule has 0 amide bonds. The quantitative estimate of drug-likeness (QED) is 0.765. The molecule has 1 atom stereocenters. The van der Waals surface area contributed by atoms with Gasteiger partial charge in [0.15, 0.2) is 0 Å². The smallest absolute Gasteiger partial charge is 0.242 e. The third-order valence-electron chi connectivity index (χ3n) is 2.73. The Morgan fingerprint density at radius 1 is 1.53 bits per heavy atom. The van der Waals surface area contributed by atoms with Gasteiger partial charge in [-0.15, -0.1) is 11.3 Å². The fourth-order valence-electron chi connectivity index (χ4n) is 1.96. The van der Waals surface area contributed by atoms with Crippen molar-refractivity contribution >= 4 is 21.4 Å². The van der Waals surface area contributed by atoms with E-state index in [1.807, 2.05) is 6.92 Å². The summed E-state index contributed by atoms with van der Waals surface area (Å²) in [5.74, 6) is 0. The minimum atomic E-state index is -3.61. The normalized spacial score (nSPS) is 13.7. The molecule has 110 valence electrons. The van der Waals surface area contributed by atoms with Crippen LogP contribution in [0, 0.1) is 6.92 Å². The van der Waals surface area contributed by atoms with Crippen LogP contribution in [0.5, 0.6) is 0 Å². The molecule has 5 nitrogen and oxygen atoms in total. The lowest BCUT2D eigenvalue weighted by molar-refractivity contribution is 0.171. The van der Waals surface area contributed by atoms with Crippen LogP contribution < -0.4 is 4.72 Å². The minimum Gasteiger partial charge on any atom is -0.391 e. The third-order valence-corrected chi connectivity index (χ3v) is 5.70. The Morgan fingerprint density at radius 2 is 2.21 bits per heavy atom. The molecule has 1 heterocycles. The van der Waals surface area contributed by atoms with Gasteiger partial charge in [0, 0.05) is 13.2 Å². The molecule has 0 aromatic carbocycles. The van der Waals surface area contributed by atoms with E-state index in [1.54, 1.807) is 19.4 Å². The molecule has 1 unspecified atom stereocenters. The van der Waals surface area contributed by atoms with Gasteiger partial charge in [0.2, 0.25) is 10.0 Å². The van der Waals surface area contributed by atoms with Crippen molar-refractivity contribution < 1.29 is 18.3 Å². The van der Waals surface area contributed by atoms with Gasteiger partial charge in [0.1, 0.15) is 4.90 Å². The van der Waals surface area contributed by atoms with Crippen molar-refractivity contribution in [3.05, 3.63) is 15.8 Å². The van der Waals surface area contributed by atoms with Crippen LogP contribution in [-0.4, -0.2) is 33.3 Å². The third kappa shape index (κ3) is 4.25. The average molecular weight is 307 g/mol. The Bertz CT molecular complexity index is 490. The maximum Gasteiger partial charge on any atom is 0.242 e. The standard InChI is InChI=1S/C12H21NO4S2/c1-4-5-10(7-17-3)13-19(15,16)12-9(2)8-18-11(12)6-14/h8,10,13-14H,4-7H2,1-3H3. The molecule has 7 heteroatoms. The fourth-order valence-corrected chi connectivity index (χ4v) is 4.88. The summed E-state index contributed by atoms with van der Waals surface area (Å²) in [7, 11) is -2.07. The molecule has 2 N–H and O–H groups in total. The first-order chi connectivity index (χ1) is 8.96. The second kappa shape index (κ2) is 7.35. The topological polar surface area (TPSA) is 75.6 Å². The number of hydrogen-bond donors (Lipinski definition) is 2. The van der Waals surface area contributed by atoms with Gasteiger partial charge in [-0.25, -0.2) is 13.1 Å². The average Bonchev–Trinajstić information content (AvgIpc) is 2.71. The van der Waals surface area contributed by atoms with Crippen molar-refractivity contribution in [1.29, 1.82) is 0 Å². The number of aliphatic hydroxyl groups excluding tert-OH is 1. The maximum atomic E-state index is 12.4. The van der Waals surface area contributed by atoms with Gasteiger partial charge >= 0.3 is 0 Å². The zero-order chi connectivity index (χ0) is 14.5. The molecule has 0 saturated heterocycles. The van der Waals surface area contributed by atoms with Crippen LogP contribution in [0.1, 0.15) is 30.2 Å². The summed E-state index contributed by atoms with van der Waals surface area (Å²) in [5.41, 5.74) is 0.661. The highest BCUT2D eigenvalue weighted by Gasteiger charge is 2.25. The second-order valence-corrected chi connectivity index (χ2v) is 7.01. The number of aryl methyl sites for hydroxylation is 1. The van der Waals surface area contributed by atoms with Gasteiger partial charge in [-0.2, -0.15) is 0 Å². The number of nitrogens with one attached hydrogen (secondary N) is 1. The molecule has 0 aliphatic heterocycles. The predicted octanol–water partition coefficient (Wildman–Crippen LogP) is 1.64. The second-order valence-electron chi connectivity index (χ2n) is 4.39. The van der Waals surface area contributed by atoms with Crippen molar-refractivity contribution in [3.63, 3.8) is 0 Å². The number of aliphatic hydroxyl groups is 1. The molecular weight excluding hydrogens is 286 g/mol. The fraction of sp³-hybridized carbons (Fsp3) is 0.667. The maximum absolute atomic E-state index is 12.4. The Balaban J connectivity index is 2.99. The van der Waals surface area contributed by atoms with E-state index in [-0.39, 0.29) is 17.5 Å². The molecule has 0 aliphatic carbocycles. The van der Waals surface area contributed by atoms with Crippen LogP contribution in [0.2, 0.25) is 0 Å². The van der Waals surface area contributed by atoms with E-state index in [2.05, 4.69) is 4.72 Å². The highest BCUT2D eigenvalue weighted by molar-refractivity contribution is 7.89. The molecule has 0 bridgehead atoms. The van der Waals surface area contributed by atoms with Crippen molar-refractivity contribution in [2.45, 2.75) is 44.2 Å². The molecule has 0 aliphatic rings. The van der Waals surface area contributed by atoms with E-state index in [0.29, 0.717) is 23.5 Å². The van der Waals surface area contributed by atoms with Gasteiger partial charge in [0.05, 0.1) is 18.1 Å². The van der Waals surface area contributed by atoms with Crippen molar-refractivity contribution in [3.8, 4) is 0 Å². The van der Waals surface area contributed by atoms with E-state index >= 15 is 0 Å². The Morgan fingerprint density at radius 3 is 2.74 bits per heavy atom. The van der Waals surface area contributed by atoms with Crippen LogP contribution in [0.4, 0.5) is 0 Å². The van der Waals surface area contributed by atoms with Crippen molar-refractivity contribution in [1.82, 2.24) is 4.72 Å². The molecular formula is C12H21NO4S2. The summed E-state index contributed by atoms with van der Waals surface area (Å²) in [4.78, 5) is 0.676. The van der Waals surface area contributed by atoms with E-state index in [9.17, 15) is 13.5 Å². The van der Waals surface area contributed by atoms with Crippen LogP contribution in [0.3, 0.4) is 0 Å². The predicted molar refractivity (Wildman–Crippen MR) is 75.9 cm³/mol. The lowest BCUT2D eigenvalue weighted by Gasteiger charge is -2.17. The highest BCUT2D eigenvalue weighted by atomic mass is 32.2. The highest BCUT2D eigenvalue weighted by Crippen LogP contribution is 2.27. The van der Waals surface area contributed by atoms with Crippen LogP contribution >= 0.6 is 11.3 Å². The number of rotatable bonds is 8. The zero-order valence-electron chi connectivity index (χ0n) is 11.5. The summed E-state index contributed by atoms with van der Waals surface area (Å²) in [6.07, 6.45) is 1.58. The van der Waals surface area contributed by atoms with E-state index in [0.717, 1.165) is 6.42 Å². The lowest BCUT2D eigenvalue weighted by Crippen LogP contribution is -2.38. The van der Waals surface area contributed by atoms with Gasteiger partial charge < -0.3 is 9.84 Å². The minimum absolute atomic E-state index is 0.206. The van der Waals surface area contributed by atoms with Crippen LogP contribution in [0.15, 0.2) is 10.3 Å². The number of sulfonamides is 1. The molecule has 1 rings (SSSR count). The summed E-state index contributed by atoms with van der Waals surface area (Å²) in [6, 6.07) is -0.245. The molecule has 0 saturated carbocycles.